The molecule has 1 saturated heterocycles. The molecule has 7 nitrogen and oxygen atoms in total. The Bertz CT molecular complexity index is 810. The fourth-order valence-corrected chi connectivity index (χ4v) is 3.95. The number of methoxy groups -OCH3 is 1. The second-order valence-corrected chi connectivity index (χ2v) is 7.40. The van der Waals surface area contributed by atoms with Crippen molar-refractivity contribution in [1.29, 1.82) is 0 Å². The molecule has 0 radical (unpaired) electrons. The fourth-order valence-electron chi connectivity index (χ4n) is 2.42. The van der Waals surface area contributed by atoms with Gasteiger partial charge in [0.2, 0.25) is 0 Å². The number of halogens is 1. The standard InChI is InChI=1S/C19H23BrN2O5S/c1-5-21-19-22(6-2)18(24)16(28-19)9-12-8-14(26-7-3)15(10-13(12)20)27-11-17(23)25-4/h8-10H,5-7,11H2,1-4H3/b16-9+,21-19?. The minimum atomic E-state index is -0.486. The first-order valence-electron chi connectivity index (χ1n) is 8.86. The van der Waals surface area contributed by atoms with E-state index in [1.54, 1.807) is 23.1 Å². The molecule has 0 aliphatic carbocycles. The van der Waals surface area contributed by atoms with Gasteiger partial charge in [-0.1, -0.05) is 15.9 Å². The molecule has 1 amide bonds. The molecule has 152 valence electrons. The molecule has 0 aromatic heterocycles. The van der Waals surface area contributed by atoms with Crippen molar-refractivity contribution in [3.8, 4) is 11.5 Å². The van der Waals surface area contributed by atoms with Crippen LogP contribution in [0.5, 0.6) is 11.5 Å². The van der Waals surface area contributed by atoms with Gasteiger partial charge in [-0.05, 0) is 56.3 Å². The van der Waals surface area contributed by atoms with Crippen LogP contribution in [-0.4, -0.2) is 55.4 Å². The topological polar surface area (TPSA) is 77.4 Å². The van der Waals surface area contributed by atoms with Crippen LogP contribution in [0.2, 0.25) is 0 Å². The van der Waals surface area contributed by atoms with Crippen LogP contribution in [0.4, 0.5) is 0 Å². The maximum absolute atomic E-state index is 12.7. The normalized spacial score (nSPS) is 16.8. The number of ether oxygens (including phenoxy) is 3. The molecule has 0 saturated carbocycles. The Balaban J connectivity index is 2.36. The zero-order valence-corrected chi connectivity index (χ0v) is 18.7. The lowest BCUT2D eigenvalue weighted by atomic mass is 10.2. The second kappa shape index (κ2) is 10.5. The summed E-state index contributed by atoms with van der Waals surface area (Å²) in [6, 6.07) is 3.48. The summed E-state index contributed by atoms with van der Waals surface area (Å²) < 4.78 is 16.4. The summed E-state index contributed by atoms with van der Waals surface area (Å²) >= 11 is 4.85. The molecule has 0 spiro atoms. The summed E-state index contributed by atoms with van der Waals surface area (Å²) in [6.07, 6.45) is 1.80. The summed E-state index contributed by atoms with van der Waals surface area (Å²) in [5.41, 5.74) is 0.763. The van der Waals surface area contributed by atoms with Crippen molar-refractivity contribution in [2.24, 2.45) is 4.99 Å². The molecule has 1 aromatic carbocycles. The van der Waals surface area contributed by atoms with Crippen LogP contribution in [0, 0.1) is 0 Å². The van der Waals surface area contributed by atoms with E-state index in [9.17, 15) is 9.59 Å². The Labute approximate surface area is 177 Å². The first-order chi connectivity index (χ1) is 13.4. The van der Waals surface area contributed by atoms with E-state index in [0.29, 0.717) is 45.7 Å². The van der Waals surface area contributed by atoms with Crippen molar-refractivity contribution in [1.82, 2.24) is 4.90 Å². The molecule has 9 heteroatoms. The number of likely N-dealkylation sites (N-methyl/N-ethyl adjacent to an activating group) is 1. The third-order valence-electron chi connectivity index (χ3n) is 3.72. The number of benzene rings is 1. The molecule has 0 unspecified atom stereocenters. The predicted molar refractivity (Wildman–Crippen MR) is 114 cm³/mol. The highest BCUT2D eigenvalue weighted by Crippen LogP contribution is 2.38. The Morgan fingerprint density at radius 3 is 2.57 bits per heavy atom. The number of nitrogens with zero attached hydrogens (tertiary/aromatic N) is 2. The monoisotopic (exact) mass is 470 g/mol. The van der Waals surface area contributed by atoms with Gasteiger partial charge in [-0.25, -0.2) is 4.79 Å². The first-order valence-corrected chi connectivity index (χ1v) is 10.5. The Kier molecular flexibility index (Phi) is 8.37. The van der Waals surface area contributed by atoms with Gasteiger partial charge in [-0.2, -0.15) is 0 Å². The molecule has 0 bridgehead atoms. The lowest BCUT2D eigenvalue weighted by Gasteiger charge is -2.13. The molecule has 1 aliphatic heterocycles. The number of hydrogen-bond acceptors (Lipinski definition) is 7. The number of esters is 1. The van der Waals surface area contributed by atoms with Crippen molar-refractivity contribution in [3.63, 3.8) is 0 Å². The number of thioether (sulfide) groups is 1. The van der Waals surface area contributed by atoms with Crippen LogP contribution >= 0.6 is 27.7 Å². The second-order valence-electron chi connectivity index (χ2n) is 5.54. The lowest BCUT2D eigenvalue weighted by molar-refractivity contribution is -0.142. The van der Waals surface area contributed by atoms with E-state index < -0.39 is 5.97 Å². The van der Waals surface area contributed by atoms with Gasteiger partial charge in [0.15, 0.2) is 23.3 Å². The SMILES string of the molecule is CCN=C1S/C(=C/c2cc(OCC)c(OCC(=O)OC)cc2Br)C(=O)N1CC. The third kappa shape index (κ3) is 5.29. The number of aliphatic imine (C=N–C) groups is 1. The van der Waals surface area contributed by atoms with E-state index in [1.165, 1.54) is 18.9 Å². The maximum atomic E-state index is 12.7. The molecule has 0 N–H and O–H groups in total. The molecule has 1 heterocycles. The van der Waals surface area contributed by atoms with Crippen molar-refractivity contribution < 1.29 is 23.8 Å². The van der Waals surface area contributed by atoms with Crippen molar-refractivity contribution >= 4 is 50.8 Å². The van der Waals surface area contributed by atoms with Gasteiger partial charge >= 0.3 is 5.97 Å². The number of amidine groups is 1. The molecule has 1 aliphatic rings. The summed E-state index contributed by atoms with van der Waals surface area (Å²) in [6.45, 7) is 7.09. The van der Waals surface area contributed by atoms with Gasteiger partial charge in [0, 0.05) is 17.6 Å². The van der Waals surface area contributed by atoms with E-state index in [2.05, 4.69) is 25.7 Å². The summed E-state index contributed by atoms with van der Waals surface area (Å²) in [4.78, 5) is 30.6. The van der Waals surface area contributed by atoms with E-state index in [-0.39, 0.29) is 12.5 Å². The quantitative estimate of drug-likeness (QED) is 0.425. The van der Waals surface area contributed by atoms with Gasteiger partial charge in [0.25, 0.3) is 5.91 Å². The molecular weight excluding hydrogens is 448 g/mol. The third-order valence-corrected chi connectivity index (χ3v) is 5.45. The van der Waals surface area contributed by atoms with Crippen LogP contribution in [-0.2, 0) is 14.3 Å². The average Bonchev–Trinajstić information content (AvgIpc) is 2.97. The first kappa shape index (κ1) is 22.3. The minimum Gasteiger partial charge on any atom is -0.490 e. The van der Waals surface area contributed by atoms with Gasteiger partial charge < -0.3 is 14.2 Å². The van der Waals surface area contributed by atoms with Crippen LogP contribution < -0.4 is 9.47 Å². The Morgan fingerprint density at radius 2 is 1.96 bits per heavy atom. The summed E-state index contributed by atoms with van der Waals surface area (Å²) in [5.74, 6) is 0.331. The molecule has 1 aromatic rings. The summed E-state index contributed by atoms with van der Waals surface area (Å²) in [5, 5.41) is 0.709. The van der Waals surface area contributed by atoms with Gasteiger partial charge in [0.1, 0.15) is 0 Å². The smallest absolute Gasteiger partial charge is 0.343 e. The highest BCUT2D eigenvalue weighted by Gasteiger charge is 2.32. The minimum absolute atomic E-state index is 0.0735. The zero-order chi connectivity index (χ0) is 20.7. The molecule has 2 rings (SSSR count). The highest BCUT2D eigenvalue weighted by atomic mass is 79.9. The molecule has 0 atom stereocenters. The van der Waals surface area contributed by atoms with Crippen molar-refractivity contribution in [3.05, 3.63) is 27.1 Å². The molecular formula is C19H23BrN2O5S. The predicted octanol–water partition coefficient (Wildman–Crippen LogP) is 3.71. The molecule has 1 fully saturated rings. The van der Waals surface area contributed by atoms with Gasteiger partial charge in [0.05, 0.1) is 18.6 Å². The number of hydrogen-bond donors (Lipinski definition) is 0. The summed E-state index contributed by atoms with van der Waals surface area (Å²) in [7, 11) is 1.30. The van der Waals surface area contributed by atoms with Crippen molar-refractivity contribution in [2.45, 2.75) is 20.8 Å². The van der Waals surface area contributed by atoms with Gasteiger partial charge in [-0.3, -0.25) is 14.7 Å². The number of rotatable bonds is 8. The van der Waals surface area contributed by atoms with Crippen LogP contribution in [0.3, 0.4) is 0 Å². The van der Waals surface area contributed by atoms with E-state index in [1.807, 2.05) is 20.8 Å². The lowest BCUT2D eigenvalue weighted by Crippen LogP contribution is -2.28. The number of amides is 1. The Morgan fingerprint density at radius 1 is 1.25 bits per heavy atom. The van der Waals surface area contributed by atoms with Gasteiger partial charge in [-0.15, -0.1) is 0 Å². The van der Waals surface area contributed by atoms with E-state index >= 15 is 0 Å². The van der Waals surface area contributed by atoms with Crippen LogP contribution in [0.1, 0.15) is 26.3 Å². The van der Waals surface area contributed by atoms with E-state index in [4.69, 9.17) is 9.47 Å². The van der Waals surface area contributed by atoms with Crippen LogP contribution in [0.25, 0.3) is 6.08 Å². The largest absolute Gasteiger partial charge is 0.490 e. The fraction of sp³-hybridized carbons (Fsp3) is 0.421. The maximum Gasteiger partial charge on any atom is 0.343 e. The number of carbonyl (C=O) groups excluding carboxylic acids is 2. The Hall–Kier alpha value is -2.00. The highest BCUT2D eigenvalue weighted by molar-refractivity contribution is 9.10. The average molecular weight is 471 g/mol. The molecule has 28 heavy (non-hydrogen) atoms. The van der Waals surface area contributed by atoms with Crippen molar-refractivity contribution in [2.75, 3.05) is 33.4 Å². The van der Waals surface area contributed by atoms with Crippen LogP contribution in [0.15, 0.2) is 26.5 Å². The zero-order valence-electron chi connectivity index (χ0n) is 16.3. The number of carbonyl (C=O) groups is 2. The van der Waals surface area contributed by atoms with E-state index in [0.717, 1.165) is 5.56 Å².